The van der Waals surface area contributed by atoms with Gasteiger partial charge in [-0.15, -0.1) is 0 Å². The highest BCUT2D eigenvalue weighted by Gasteiger charge is 2.28. The Bertz CT molecular complexity index is 657. The van der Waals surface area contributed by atoms with Gasteiger partial charge in [-0.05, 0) is 24.8 Å². The van der Waals surface area contributed by atoms with E-state index in [4.69, 9.17) is 5.73 Å². The molecule has 1 atom stereocenters. The molecule has 1 saturated carbocycles. The average molecular weight is 274 g/mol. The summed E-state index contributed by atoms with van der Waals surface area (Å²) < 4.78 is 13.5. The molecular weight excluding hydrogens is 259 g/mol. The number of nitrogens with two attached hydrogens (primary N) is 1. The highest BCUT2D eigenvalue weighted by Crippen LogP contribution is 2.31. The van der Waals surface area contributed by atoms with E-state index in [0.717, 1.165) is 12.8 Å². The van der Waals surface area contributed by atoms with Crippen LogP contribution in [0.3, 0.4) is 0 Å². The minimum atomic E-state index is -0.505. The van der Waals surface area contributed by atoms with Crippen LogP contribution in [0.4, 0.5) is 4.39 Å². The zero-order chi connectivity index (χ0) is 14.1. The molecule has 0 spiro atoms. The first-order valence-electron chi connectivity index (χ1n) is 6.59. The van der Waals surface area contributed by atoms with E-state index in [9.17, 15) is 9.18 Å². The van der Waals surface area contributed by atoms with Crippen LogP contribution in [-0.4, -0.2) is 28.5 Å². The number of nitrogens with zero attached hydrogens (tertiary/aromatic N) is 2. The van der Waals surface area contributed by atoms with Gasteiger partial charge in [-0.25, -0.2) is 4.39 Å². The smallest absolute Gasteiger partial charge is 0.253 e. The van der Waals surface area contributed by atoms with Gasteiger partial charge < -0.3 is 11.1 Å². The van der Waals surface area contributed by atoms with Crippen LogP contribution in [-0.2, 0) is 0 Å². The molecule has 1 aromatic heterocycles. The quantitative estimate of drug-likeness (QED) is 0.879. The molecule has 1 aliphatic carbocycles. The summed E-state index contributed by atoms with van der Waals surface area (Å²) in [6.45, 7) is 0.391. The molecule has 0 saturated heterocycles. The van der Waals surface area contributed by atoms with Gasteiger partial charge in [-0.3, -0.25) is 14.8 Å². The van der Waals surface area contributed by atoms with Crippen molar-refractivity contribution in [2.24, 2.45) is 11.7 Å². The van der Waals surface area contributed by atoms with E-state index in [2.05, 4.69) is 15.3 Å². The van der Waals surface area contributed by atoms with Gasteiger partial charge in [0.15, 0.2) is 0 Å². The predicted octanol–water partition coefficient (Wildman–Crippen LogP) is 1.24. The van der Waals surface area contributed by atoms with Crippen molar-refractivity contribution in [2.45, 2.75) is 18.9 Å². The van der Waals surface area contributed by atoms with Crippen molar-refractivity contribution in [1.82, 2.24) is 15.3 Å². The summed E-state index contributed by atoms with van der Waals surface area (Å²) in [5.74, 6) is -0.375. The van der Waals surface area contributed by atoms with E-state index < -0.39 is 5.82 Å². The van der Waals surface area contributed by atoms with Gasteiger partial charge in [0.2, 0.25) is 0 Å². The maximum Gasteiger partial charge on any atom is 0.253 e. The SMILES string of the molecule is NC(CNC(=O)c1cc(F)cc2nccnc12)C1CC1. The Morgan fingerprint density at radius 2 is 2.15 bits per heavy atom. The van der Waals surface area contributed by atoms with E-state index in [-0.39, 0.29) is 17.5 Å². The van der Waals surface area contributed by atoms with Crippen LogP contribution in [0.5, 0.6) is 0 Å². The molecule has 6 heteroatoms. The Kier molecular flexibility index (Phi) is 3.31. The molecule has 1 unspecified atom stereocenters. The van der Waals surface area contributed by atoms with Crippen molar-refractivity contribution in [1.29, 1.82) is 0 Å². The Morgan fingerprint density at radius 1 is 1.40 bits per heavy atom. The number of halogens is 1. The molecule has 0 radical (unpaired) electrons. The third-order valence-corrected chi connectivity index (χ3v) is 3.51. The number of hydrogen-bond donors (Lipinski definition) is 2. The maximum atomic E-state index is 13.5. The van der Waals surface area contributed by atoms with E-state index >= 15 is 0 Å². The van der Waals surface area contributed by atoms with Crippen LogP contribution < -0.4 is 11.1 Å². The number of carbonyl (C=O) groups excluding carboxylic acids is 1. The molecule has 2 aromatic rings. The summed E-state index contributed by atoms with van der Waals surface area (Å²) in [7, 11) is 0. The van der Waals surface area contributed by atoms with Crippen LogP contribution in [0, 0.1) is 11.7 Å². The number of amides is 1. The minimum absolute atomic E-state index is 0.0372. The van der Waals surface area contributed by atoms with E-state index in [1.54, 1.807) is 0 Å². The Labute approximate surface area is 115 Å². The number of fused-ring (bicyclic) bond motifs is 1. The van der Waals surface area contributed by atoms with Crippen molar-refractivity contribution < 1.29 is 9.18 Å². The van der Waals surface area contributed by atoms with E-state index in [1.165, 1.54) is 24.5 Å². The van der Waals surface area contributed by atoms with Crippen molar-refractivity contribution in [3.05, 3.63) is 35.9 Å². The second kappa shape index (κ2) is 5.13. The fraction of sp³-hybridized carbons (Fsp3) is 0.357. The van der Waals surface area contributed by atoms with Gasteiger partial charge >= 0.3 is 0 Å². The van der Waals surface area contributed by atoms with Crippen molar-refractivity contribution in [2.75, 3.05) is 6.54 Å². The second-order valence-corrected chi connectivity index (χ2v) is 5.09. The first-order valence-corrected chi connectivity index (χ1v) is 6.59. The van der Waals surface area contributed by atoms with Gasteiger partial charge in [0, 0.05) is 31.0 Å². The Balaban J connectivity index is 1.83. The molecule has 5 nitrogen and oxygen atoms in total. The number of carbonyl (C=O) groups is 1. The second-order valence-electron chi connectivity index (χ2n) is 5.09. The zero-order valence-corrected chi connectivity index (χ0v) is 10.8. The summed E-state index contributed by atoms with van der Waals surface area (Å²) in [6.07, 6.45) is 5.18. The van der Waals surface area contributed by atoms with Crippen molar-refractivity contribution >= 4 is 16.9 Å². The van der Waals surface area contributed by atoms with Crippen LogP contribution >= 0.6 is 0 Å². The molecule has 1 aliphatic rings. The largest absolute Gasteiger partial charge is 0.350 e. The first kappa shape index (κ1) is 12.9. The van der Waals surface area contributed by atoms with Crippen LogP contribution in [0.1, 0.15) is 23.2 Å². The van der Waals surface area contributed by atoms with Crippen LogP contribution in [0.25, 0.3) is 11.0 Å². The number of benzene rings is 1. The van der Waals surface area contributed by atoms with E-state index in [1.807, 2.05) is 0 Å². The first-order chi connectivity index (χ1) is 9.65. The molecule has 1 fully saturated rings. The highest BCUT2D eigenvalue weighted by molar-refractivity contribution is 6.04. The van der Waals surface area contributed by atoms with Crippen LogP contribution in [0.2, 0.25) is 0 Å². The van der Waals surface area contributed by atoms with E-state index in [0.29, 0.717) is 23.5 Å². The molecule has 3 N–H and O–H groups in total. The van der Waals surface area contributed by atoms with Gasteiger partial charge in [-0.1, -0.05) is 0 Å². The maximum absolute atomic E-state index is 13.5. The standard InChI is InChI=1S/C14H15FN4O/c15-9-5-10(13-12(6-9)17-3-4-18-13)14(20)19-7-11(16)8-1-2-8/h3-6,8,11H,1-2,7,16H2,(H,19,20). The summed E-state index contributed by atoms with van der Waals surface area (Å²) in [6, 6.07) is 2.40. The lowest BCUT2D eigenvalue weighted by atomic mass is 10.1. The van der Waals surface area contributed by atoms with Gasteiger partial charge in [0.25, 0.3) is 5.91 Å². The van der Waals surface area contributed by atoms with Crippen molar-refractivity contribution in [3.63, 3.8) is 0 Å². The monoisotopic (exact) mass is 274 g/mol. The molecule has 1 aromatic carbocycles. The molecule has 0 bridgehead atoms. The number of rotatable bonds is 4. The normalized spacial score (nSPS) is 16.1. The summed E-state index contributed by atoms with van der Waals surface area (Å²) in [4.78, 5) is 20.3. The minimum Gasteiger partial charge on any atom is -0.350 e. The molecular formula is C14H15FN4O. The number of aromatic nitrogens is 2. The molecule has 1 amide bonds. The van der Waals surface area contributed by atoms with Gasteiger partial charge in [0.1, 0.15) is 11.3 Å². The fourth-order valence-corrected chi connectivity index (χ4v) is 2.21. The Morgan fingerprint density at radius 3 is 2.90 bits per heavy atom. The number of nitrogens with one attached hydrogen (secondary N) is 1. The molecule has 1 heterocycles. The average Bonchev–Trinajstić information content (AvgIpc) is 3.28. The summed E-state index contributed by atoms with van der Waals surface area (Å²) >= 11 is 0. The number of hydrogen-bond acceptors (Lipinski definition) is 4. The lowest BCUT2D eigenvalue weighted by Gasteiger charge is -2.12. The lowest BCUT2D eigenvalue weighted by Crippen LogP contribution is -2.38. The van der Waals surface area contributed by atoms with Crippen molar-refractivity contribution in [3.8, 4) is 0 Å². The summed E-state index contributed by atoms with van der Waals surface area (Å²) in [5, 5.41) is 2.74. The Hall–Kier alpha value is -2.08. The van der Waals surface area contributed by atoms with Gasteiger partial charge in [0.05, 0.1) is 11.1 Å². The highest BCUT2D eigenvalue weighted by atomic mass is 19.1. The lowest BCUT2D eigenvalue weighted by molar-refractivity contribution is 0.0951. The predicted molar refractivity (Wildman–Crippen MR) is 72.5 cm³/mol. The topological polar surface area (TPSA) is 80.9 Å². The third-order valence-electron chi connectivity index (χ3n) is 3.51. The molecule has 0 aliphatic heterocycles. The molecule has 104 valence electrons. The third kappa shape index (κ3) is 2.60. The fourth-order valence-electron chi connectivity index (χ4n) is 2.21. The van der Waals surface area contributed by atoms with Gasteiger partial charge in [-0.2, -0.15) is 0 Å². The van der Waals surface area contributed by atoms with Crippen LogP contribution in [0.15, 0.2) is 24.5 Å². The molecule has 3 rings (SSSR count). The zero-order valence-electron chi connectivity index (χ0n) is 10.8. The summed E-state index contributed by atoms with van der Waals surface area (Å²) in [5.41, 5.74) is 6.88. The molecule has 20 heavy (non-hydrogen) atoms.